The molecule has 0 aliphatic carbocycles. The van der Waals surface area contributed by atoms with Crippen molar-refractivity contribution in [1.29, 1.82) is 5.26 Å². The zero-order valence-corrected chi connectivity index (χ0v) is 20.6. The number of thioether (sulfide) groups is 1. The van der Waals surface area contributed by atoms with E-state index in [0.717, 1.165) is 22.6 Å². The molecule has 1 N–H and O–H groups in total. The van der Waals surface area contributed by atoms with E-state index >= 15 is 0 Å². The summed E-state index contributed by atoms with van der Waals surface area (Å²) in [4.78, 5) is 12.9. The minimum absolute atomic E-state index is 0.0982. The second-order valence-corrected chi connectivity index (χ2v) is 8.94. The van der Waals surface area contributed by atoms with E-state index < -0.39 is 0 Å². The highest BCUT2D eigenvalue weighted by Crippen LogP contribution is 2.30. The van der Waals surface area contributed by atoms with Crippen molar-refractivity contribution in [1.82, 2.24) is 19.3 Å². The van der Waals surface area contributed by atoms with Crippen LogP contribution in [0.15, 0.2) is 59.8 Å². The van der Waals surface area contributed by atoms with Gasteiger partial charge in [-0.1, -0.05) is 42.1 Å². The maximum absolute atomic E-state index is 13.5. The quantitative estimate of drug-likeness (QED) is 0.351. The Balaban J connectivity index is 1.52. The summed E-state index contributed by atoms with van der Waals surface area (Å²) in [5.74, 6) is 0.680. The Labute approximate surface area is 207 Å². The first kappa shape index (κ1) is 24.2. The van der Waals surface area contributed by atoms with Crippen LogP contribution in [0.4, 0.5) is 10.2 Å². The lowest BCUT2D eigenvalue weighted by molar-refractivity contribution is -0.113. The molecule has 1 amide bonds. The van der Waals surface area contributed by atoms with E-state index in [0.29, 0.717) is 35.2 Å². The molecule has 9 heteroatoms. The molecule has 4 aromatic rings. The number of carbonyl (C=O) groups is 1. The summed E-state index contributed by atoms with van der Waals surface area (Å²) in [6.07, 6.45) is 0.656. The van der Waals surface area contributed by atoms with E-state index in [9.17, 15) is 14.4 Å². The van der Waals surface area contributed by atoms with Gasteiger partial charge in [-0.3, -0.25) is 9.36 Å². The van der Waals surface area contributed by atoms with Crippen LogP contribution >= 0.6 is 11.8 Å². The summed E-state index contributed by atoms with van der Waals surface area (Å²) in [6, 6.07) is 18.2. The van der Waals surface area contributed by atoms with Crippen molar-refractivity contribution in [2.45, 2.75) is 38.9 Å². The number of benzene rings is 2. The maximum atomic E-state index is 13.5. The van der Waals surface area contributed by atoms with Gasteiger partial charge in [0.25, 0.3) is 0 Å². The largest absolute Gasteiger partial charge is 0.310 e. The van der Waals surface area contributed by atoms with E-state index in [1.54, 1.807) is 16.7 Å². The summed E-state index contributed by atoms with van der Waals surface area (Å²) in [6.45, 7) is 6.39. The van der Waals surface area contributed by atoms with Gasteiger partial charge in [-0.05, 0) is 56.2 Å². The molecule has 0 aliphatic heterocycles. The summed E-state index contributed by atoms with van der Waals surface area (Å²) in [5, 5.41) is 21.9. The lowest BCUT2D eigenvalue weighted by atomic mass is 10.1. The van der Waals surface area contributed by atoms with Gasteiger partial charge in [-0.2, -0.15) is 5.26 Å². The average molecular weight is 489 g/mol. The van der Waals surface area contributed by atoms with Crippen LogP contribution in [-0.2, 0) is 17.8 Å². The third-order valence-electron chi connectivity index (χ3n) is 5.82. The third-order valence-corrected chi connectivity index (χ3v) is 6.78. The first-order valence-corrected chi connectivity index (χ1v) is 12.2. The fourth-order valence-corrected chi connectivity index (χ4v) is 4.75. The number of hydrogen-bond acceptors (Lipinski definition) is 5. The van der Waals surface area contributed by atoms with Gasteiger partial charge in [0, 0.05) is 24.3 Å². The van der Waals surface area contributed by atoms with Crippen LogP contribution < -0.4 is 5.32 Å². The second-order valence-electron chi connectivity index (χ2n) is 8.00. The molecule has 0 aliphatic rings. The number of rotatable bonds is 8. The number of nitriles is 1. The number of amides is 1. The highest BCUT2D eigenvalue weighted by atomic mass is 32.2. The van der Waals surface area contributed by atoms with Crippen LogP contribution in [0.25, 0.3) is 5.69 Å². The summed E-state index contributed by atoms with van der Waals surface area (Å²) < 4.78 is 17.2. The number of carbonyl (C=O) groups excluding carboxylic acids is 1. The number of halogens is 1. The molecule has 7 nitrogen and oxygen atoms in total. The van der Waals surface area contributed by atoms with Crippen molar-refractivity contribution in [2.75, 3.05) is 11.1 Å². The van der Waals surface area contributed by atoms with Gasteiger partial charge in [-0.25, -0.2) is 4.39 Å². The summed E-state index contributed by atoms with van der Waals surface area (Å²) >= 11 is 1.29. The van der Waals surface area contributed by atoms with E-state index in [4.69, 9.17) is 0 Å². The molecular formula is C26H25FN6OS. The van der Waals surface area contributed by atoms with E-state index in [-0.39, 0.29) is 17.5 Å². The molecule has 4 rings (SSSR count). The number of hydrogen-bond donors (Lipinski definition) is 1. The highest BCUT2D eigenvalue weighted by Gasteiger charge is 2.21. The molecule has 0 fully saturated rings. The van der Waals surface area contributed by atoms with Gasteiger partial charge in [-0.15, -0.1) is 10.2 Å². The predicted octanol–water partition coefficient (Wildman–Crippen LogP) is 5.04. The SMILES string of the molecule is CCn1c(Cc2ccccc2)nnc1SCC(=O)Nc1c(C#N)c(C)c(C)n1-c1ccc(F)cc1. The molecular weight excluding hydrogens is 463 g/mol. The molecule has 2 aromatic carbocycles. The number of aromatic nitrogens is 4. The van der Waals surface area contributed by atoms with Crippen molar-refractivity contribution in [2.24, 2.45) is 0 Å². The van der Waals surface area contributed by atoms with Crippen molar-refractivity contribution in [3.8, 4) is 11.8 Å². The lowest BCUT2D eigenvalue weighted by Gasteiger charge is -2.13. The van der Waals surface area contributed by atoms with Gasteiger partial charge in [0.2, 0.25) is 5.91 Å². The van der Waals surface area contributed by atoms with Gasteiger partial charge in [0.05, 0.1) is 11.3 Å². The normalized spacial score (nSPS) is 10.8. The third kappa shape index (κ3) is 5.12. The van der Waals surface area contributed by atoms with Gasteiger partial charge < -0.3 is 9.88 Å². The predicted molar refractivity (Wildman–Crippen MR) is 134 cm³/mol. The molecule has 178 valence electrons. The molecule has 35 heavy (non-hydrogen) atoms. The molecule has 2 heterocycles. The van der Waals surface area contributed by atoms with E-state index in [1.165, 1.54) is 23.9 Å². The van der Waals surface area contributed by atoms with Crippen LogP contribution in [0.5, 0.6) is 0 Å². The van der Waals surface area contributed by atoms with Crippen molar-refractivity contribution < 1.29 is 9.18 Å². The molecule has 0 unspecified atom stereocenters. The molecule has 0 bridgehead atoms. The first-order chi connectivity index (χ1) is 16.9. The topological polar surface area (TPSA) is 88.5 Å². The lowest BCUT2D eigenvalue weighted by Crippen LogP contribution is -2.18. The van der Waals surface area contributed by atoms with E-state index in [2.05, 4.69) is 21.6 Å². The number of anilines is 1. The standard InChI is InChI=1S/C26H25FN6OS/c1-4-32-23(14-19-8-6-5-7-9-19)30-31-26(32)35-16-24(34)29-25-22(15-28)17(2)18(3)33(25)21-12-10-20(27)11-13-21/h5-13H,4,14,16H2,1-3H3,(H,29,34). The van der Waals surface area contributed by atoms with E-state index in [1.807, 2.05) is 55.7 Å². The van der Waals surface area contributed by atoms with Gasteiger partial charge in [0.15, 0.2) is 5.16 Å². The van der Waals surface area contributed by atoms with Crippen LogP contribution in [-0.4, -0.2) is 31.0 Å². The Morgan fingerprint density at radius 1 is 1.11 bits per heavy atom. The van der Waals surface area contributed by atoms with Gasteiger partial charge >= 0.3 is 0 Å². The Hall–Kier alpha value is -3.90. The summed E-state index contributed by atoms with van der Waals surface area (Å²) in [7, 11) is 0. The number of nitrogens with zero attached hydrogens (tertiary/aromatic N) is 5. The minimum atomic E-state index is -0.357. The Morgan fingerprint density at radius 3 is 2.49 bits per heavy atom. The molecule has 0 radical (unpaired) electrons. The van der Waals surface area contributed by atoms with Crippen LogP contribution in [0.3, 0.4) is 0 Å². The first-order valence-electron chi connectivity index (χ1n) is 11.2. The van der Waals surface area contributed by atoms with Crippen molar-refractivity contribution >= 4 is 23.5 Å². The zero-order chi connectivity index (χ0) is 24.9. The Morgan fingerprint density at radius 2 is 1.83 bits per heavy atom. The number of nitrogens with one attached hydrogen (secondary N) is 1. The fraction of sp³-hybridized carbons (Fsp3) is 0.231. The minimum Gasteiger partial charge on any atom is -0.310 e. The Bertz CT molecular complexity index is 1390. The summed E-state index contributed by atoms with van der Waals surface area (Å²) in [5.41, 5.74) is 3.74. The van der Waals surface area contributed by atoms with Crippen LogP contribution in [0.1, 0.15) is 35.1 Å². The highest BCUT2D eigenvalue weighted by molar-refractivity contribution is 7.99. The Kier molecular flexibility index (Phi) is 7.32. The second kappa shape index (κ2) is 10.6. The average Bonchev–Trinajstić information content (AvgIpc) is 3.36. The zero-order valence-electron chi connectivity index (χ0n) is 19.7. The molecule has 2 aromatic heterocycles. The molecule has 0 saturated carbocycles. The molecule has 0 saturated heterocycles. The molecule has 0 atom stereocenters. The fourth-order valence-electron chi connectivity index (χ4n) is 3.92. The smallest absolute Gasteiger partial charge is 0.236 e. The van der Waals surface area contributed by atoms with Crippen molar-refractivity contribution in [3.05, 3.63) is 88.6 Å². The molecule has 0 spiro atoms. The van der Waals surface area contributed by atoms with Crippen LogP contribution in [0, 0.1) is 31.0 Å². The van der Waals surface area contributed by atoms with Crippen LogP contribution in [0.2, 0.25) is 0 Å². The van der Waals surface area contributed by atoms with Gasteiger partial charge in [0.1, 0.15) is 23.5 Å². The van der Waals surface area contributed by atoms with Crippen molar-refractivity contribution in [3.63, 3.8) is 0 Å². The monoisotopic (exact) mass is 488 g/mol. The maximum Gasteiger partial charge on any atom is 0.236 e.